The quantitative estimate of drug-likeness (QED) is 0.409. The van der Waals surface area contributed by atoms with Gasteiger partial charge in [-0.25, -0.2) is 5.48 Å². The van der Waals surface area contributed by atoms with Crippen LogP contribution in [0.15, 0.2) is 30.3 Å². The molecular formula is C21H30N2O2. The lowest BCUT2D eigenvalue weighted by Gasteiger charge is -2.23. The van der Waals surface area contributed by atoms with Gasteiger partial charge in [-0.2, -0.15) is 0 Å². The monoisotopic (exact) mass is 342 g/mol. The molecule has 0 radical (unpaired) electrons. The zero-order chi connectivity index (χ0) is 17.5. The van der Waals surface area contributed by atoms with Crippen LogP contribution in [-0.2, 0) is 4.79 Å². The Morgan fingerprint density at radius 2 is 1.84 bits per heavy atom. The number of hydrogen-bond donors (Lipinski definition) is 3. The van der Waals surface area contributed by atoms with E-state index >= 15 is 0 Å². The second-order valence-electron chi connectivity index (χ2n) is 7.55. The lowest BCUT2D eigenvalue weighted by atomic mass is 9.85. The van der Waals surface area contributed by atoms with E-state index < -0.39 is 5.91 Å². The number of nitrogens with one attached hydrogen (secondary N) is 2. The molecule has 4 nitrogen and oxygen atoms in total. The molecule has 136 valence electrons. The highest BCUT2D eigenvalue weighted by molar-refractivity contribution is 5.90. The van der Waals surface area contributed by atoms with E-state index in [0.29, 0.717) is 12.1 Å². The topological polar surface area (TPSA) is 61.4 Å². The molecule has 2 aliphatic rings. The van der Waals surface area contributed by atoms with E-state index in [2.05, 4.69) is 17.4 Å². The lowest BCUT2D eigenvalue weighted by Crippen LogP contribution is -2.25. The normalized spacial score (nSPS) is 24.7. The van der Waals surface area contributed by atoms with Crippen LogP contribution in [-0.4, -0.2) is 17.2 Å². The molecule has 1 amide bonds. The van der Waals surface area contributed by atoms with Gasteiger partial charge in [0.15, 0.2) is 0 Å². The number of benzene rings is 1. The fourth-order valence-electron chi connectivity index (χ4n) is 4.27. The minimum Gasteiger partial charge on any atom is -0.307 e. The summed E-state index contributed by atoms with van der Waals surface area (Å²) in [5, 5.41) is 12.3. The van der Waals surface area contributed by atoms with E-state index in [-0.39, 0.29) is 0 Å². The summed E-state index contributed by atoms with van der Waals surface area (Å²) in [6.07, 6.45) is 15.4. The molecule has 25 heavy (non-hydrogen) atoms. The lowest BCUT2D eigenvalue weighted by molar-refractivity contribution is -0.124. The molecule has 1 heterocycles. The van der Waals surface area contributed by atoms with Crippen LogP contribution >= 0.6 is 0 Å². The maximum absolute atomic E-state index is 11.0. The van der Waals surface area contributed by atoms with Crippen LogP contribution in [0.3, 0.4) is 0 Å². The van der Waals surface area contributed by atoms with E-state index in [4.69, 9.17) is 5.21 Å². The number of carbonyl (C=O) groups excluding carboxylic acids is 1. The van der Waals surface area contributed by atoms with Gasteiger partial charge in [0.1, 0.15) is 0 Å². The number of hydroxylamine groups is 1. The summed E-state index contributed by atoms with van der Waals surface area (Å²) < 4.78 is 0. The summed E-state index contributed by atoms with van der Waals surface area (Å²) in [5.74, 6) is 0.458. The minimum absolute atomic E-state index is 0.454. The summed E-state index contributed by atoms with van der Waals surface area (Å²) in [6.45, 7) is 0. The molecule has 3 rings (SSSR count). The molecule has 2 unspecified atom stereocenters. The molecule has 1 aromatic rings. The molecule has 1 saturated carbocycles. The fraction of sp³-hybridized carbons (Fsp3) is 0.571. The average Bonchev–Trinajstić information content (AvgIpc) is 3.14. The smallest absolute Gasteiger partial charge is 0.267 e. The van der Waals surface area contributed by atoms with Crippen LogP contribution in [0.25, 0.3) is 6.08 Å². The molecule has 0 spiro atoms. The Balaban J connectivity index is 1.46. The summed E-state index contributed by atoms with van der Waals surface area (Å²) in [6, 6.07) is 9.44. The summed E-state index contributed by atoms with van der Waals surface area (Å²) >= 11 is 0. The van der Waals surface area contributed by atoms with E-state index in [9.17, 15) is 4.79 Å². The largest absolute Gasteiger partial charge is 0.307 e. The molecular weight excluding hydrogens is 312 g/mol. The number of rotatable bonds is 6. The van der Waals surface area contributed by atoms with Crippen LogP contribution in [0.1, 0.15) is 75.0 Å². The predicted octanol–water partition coefficient (Wildman–Crippen LogP) is 4.36. The molecule has 1 aromatic carbocycles. The highest BCUT2D eigenvalue weighted by Crippen LogP contribution is 2.32. The van der Waals surface area contributed by atoms with Gasteiger partial charge in [-0.3, -0.25) is 10.0 Å². The van der Waals surface area contributed by atoms with Crippen molar-refractivity contribution in [2.75, 3.05) is 0 Å². The van der Waals surface area contributed by atoms with Crippen LogP contribution in [0, 0.1) is 5.92 Å². The first kappa shape index (κ1) is 18.2. The van der Waals surface area contributed by atoms with Crippen molar-refractivity contribution in [3.8, 4) is 0 Å². The zero-order valence-corrected chi connectivity index (χ0v) is 14.9. The zero-order valence-electron chi connectivity index (χ0n) is 14.9. The van der Waals surface area contributed by atoms with Gasteiger partial charge in [0.25, 0.3) is 5.91 Å². The van der Waals surface area contributed by atoms with E-state index in [1.165, 1.54) is 69.4 Å². The Bertz CT molecular complexity index is 576. The molecule has 0 bridgehead atoms. The van der Waals surface area contributed by atoms with Gasteiger partial charge in [0.05, 0.1) is 0 Å². The van der Waals surface area contributed by atoms with Gasteiger partial charge in [-0.05, 0) is 48.8 Å². The van der Waals surface area contributed by atoms with Crippen molar-refractivity contribution in [2.24, 2.45) is 5.92 Å². The third kappa shape index (κ3) is 5.41. The fourth-order valence-corrected chi connectivity index (χ4v) is 4.27. The molecule has 3 N–H and O–H groups in total. The highest BCUT2D eigenvalue weighted by atomic mass is 16.5. The third-order valence-corrected chi connectivity index (χ3v) is 5.76. The van der Waals surface area contributed by atoms with Gasteiger partial charge < -0.3 is 5.32 Å². The molecule has 1 saturated heterocycles. The first-order valence-corrected chi connectivity index (χ1v) is 9.73. The second-order valence-corrected chi connectivity index (χ2v) is 7.55. The standard InChI is InChI=1S/C21H30N2O2/c24-21(23-25)15-9-17-6-10-18(11-7-17)20-14-13-19(22-20)12-8-16-4-2-1-3-5-16/h6-7,9-11,15-16,19-20,22,25H,1-5,8,12-14H2,(H,23,24)/b15-9+. The van der Waals surface area contributed by atoms with Crippen molar-refractivity contribution in [3.63, 3.8) is 0 Å². The number of carbonyl (C=O) groups is 1. The van der Waals surface area contributed by atoms with Crippen LogP contribution in [0.2, 0.25) is 0 Å². The Kier molecular flexibility index (Phi) is 6.65. The van der Waals surface area contributed by atoms with Gasteiger partial charge in [0.2, 0.25) is 0 Å². The van der Waals surface area contributed by atoms with Crippen molar-refractivity contribution in [1.82, 2.24) is 10.8 Å². The molecule has 2 atom stereocenters. The van der Waals surface area contributed by atoms with Gasteiger partial charge in [-0.1, -0.05) is 56.4 Å². The van der Waals surface area contributed by atoms with Crippen molar-refractivity contribution < 1.29 is 10.0 Å². The Morgan fingerprint density at radius 3 is 2.56 bits per heavy atom. The van der Waals surface area contributed by atoms with Crippen molar-refractivity contribution in [2.45, 2.75) is 69.9 Å². The SMILES string of the molecule is O=C(/C=C/c1ccc(C2CCC(CCC3CCCCC3)N2)cc1)NO. The second kappa shape index (κ2) is 9.16. The third-order valence-electron chi connectivity index (χ3n) is 5.76. The molecule has 1 aliphatic heterocycles. The molecule has 1 aliphatic carbocycles. The Hall–Kier alpha value is -1.65. The van der Waals surface area contributed by atoms with E-state index in [0.717, 1.165) is 11.5 Å². The van der Waals surface area contributed by atoms with Crippen LogP contribution in [0.4, 0.5) is 0 Å². The highest BCUT2D eigenvalue weighted by Gasteiger charge is 2.25. The minimum atomic E-state index is -0.512. The molecule has 2 fully saturated rings. The summed E-state index contributed by atoms with van der Waals surface area (Å²) in [4.78, 5) is 11.0. The first-order valence-electron chi connectivity index (χ1n) is 9.73. The van der Waals surface area contributed by atoms with Crippen molar-refractivity contribution >= 4 is 12.0 Å². The summed E-state index contributed by atoms with van der Waals surface area (Å²) in [5.41, 5.74) is 3.88. The van der Waals surface area contributed by atoms with E-state index in [1.54, 1.807) is 11.6 Å². The number of hydrogen-bond acceptors (Lipinski definition) is 3. The van der Waals surface area contributed by atoms with E-state index in [1.807, 2.05) is 12.1 Å². The number of amides is 1. The predicted molar refractivity (Wildman–Crippen MR) is 100 cm³/mol. The molecule has 0 aromatic heterocycles. The van der Waals surface area contributed by atoms with Crippen molar-refractivity contribution in [3.05, 3.63) is 41.5 Å². The molecule has 4 heteroatoms. The maximum Gasteiger partial charge on any atom is 0.267 e. The van der Waals surface area contributed by atoms with Gasteiger partial charge in [-0.15, -0.1) is 0 Å². The Labute approximate surface area is 150 Å². The Morgan fingerprint density at radius 1 is 1.08 bits per heavy atom. The maximum atomic E-state index is 11.0. The van der Waals surface area contributed by atoms with Gasteiger partial charge >= 0.3 is 0 Å². The first-order chi connectivity index (χ1) is 12.2. The van der Waals surface area contributed by atoms with Crippen LogP contribution in [0.5, 0.6) is 0 Å². The van der Waals surface area contributed by atoms with Crippen LogP contribution < -0.4 is 10.8 Å². The summed E-state index contributed by atoms with van der Waals surface area (Å²) in [7, 11) is 0. The average molecular weight is 342 g/mol. The van der Waals surface area contributed by atoms with Crippen molar-refractivity contribution in [1.29, 1.82) is 0 Å². The van der Waals surface area contributed by atoms with Gasteiger partial charge in [0, 0.05) is 18.2 Å².